The summed E-state index contributed by atoms with van der Waals surface area (Å²) in [5, 5.41) is 88.5. The third kappa shape index (κ3) is 10.2. The van der Waals surface area contributed by atoms with Crippen LogP contribution in [0.5, 0.6) is 17.2 Å². The van der Waals surface area contributed by atoms with Gasteiger partial charge in [0.2, 0.25) is 16.3 Å². The maximum absolute atomic E-state index is 13.8. The van der Waals surface area contributed by atoms with Crippen LogP contribution in [0.25, 0.3) is 0 Å². The zero-order valence-corrected chi connectivity index (χ0v) is 38.2. The smallest absolute Gasteiger partial charge is 0.405 e. The van der Waals surface area contributed by atoms with E-state index in [2.05, 4.69) is 21.3 Å². The van der Waals surface area contributed by atoms with Gasteiger partial charge in [0.25, 0.3) is 0 Å². The van der Waals surface area contributed by atoms with Gasteiger partial charge < -0.3 is 84.9 Å². The molecule has 0 fully saturated rings. The number of nitrogens with one attached hydrogen (secondary N) is 4. The van der Waals surface area contributed by atoms with E-state index in [1.54, 1.807) is 0 Å². The van der Waals surface area contributed by atoms with Crippen molar-refractivity contribution in [3.05, 3.63) is 119 Å². The average Bonchev–Trinajstić information content (AvgIpc) is 3.29. The van der Waals surface area contributed by atoms with Crippen molar-refractivity contribution in [2.45, 2.75) is 82.8 Å². The van der Waals surface area contributed by atoms with Gasteiger partial charge in [-0.15, -0.1) is 0 Å². The molecule has 68 heavy (non-hydrogen) atoms. The predicted octanol–water partition coefficient (Wildman–Crippen LogP) is 2.76. The van der Waals surface area contributed by atoms with Crippen LogP contribution < -0.4 is 37.6 Å². The van der Waals surface area contributed by atoms with E-state index in [9.17, 15) is 69.3 Å². The number of nitrogens with zero attached hydrogens (tertiary/aromatic N) is 3. The number of hydrogen-bond acceptors (Lipinski definition) is 13. The Balaban J connectivity index is 2.71. The molecule has 0 saturated heterocycles. The van der Waals surface area contributed by atoms with Crippen LogP contribution in [0.4, 0.5) is 19.2 Å². The summed E-state index contributed by atoms with van der Waals surface area (Å²) in [6.45, 7) is 2.63. The van der Waals surface area contributed by atoms with Crippen molar-refractivity contribution in [3.8, 4) is 17.2 Å². The monoisotopic (exact) mass is 955 g/mol. The molecular formula is C44H57N7O17. The van der Waals surface area contributed by atoms with Crippen molar-refractivity contribution in [2.75, 3.05) is 41.2 Å². The number of aromatic hydroxyl groups is 3. The summed E-state index contributed by atoms with van der Waals surface area (Å²) < 4.78 is 19.8. The van der Waals surface area contributed by atoms with Crippen LogP contribution >= 0.6 is 0 Å². The third-order valence-corrected chi connectivity index (χ3v) is 11.9. The summed E-state index contributed by atoms with van der Waals surface area (Å²) in [5.41, 5.74) is -13.8. The number of carbonyl (C=O) groups is 4. The van der Waals surface area contributed by atoms with Crippen LogP contribution in [-0.4, -0.2) is 115 Å². The topological polar surface area (TPSA) is 352 Å². The minimum atomic E-state index is -2.64. The second kappa shape index (κ2) is 22.3. The fraction of sp³-hybridized carbons (Fsp3) is 0.432. The zero-order chi connectivity index (χ0) is 50.7. The zero-order valence-electron chi connectivity index (χ0n) is 38.2. The number of carboxylic acid groups (broad SMARTS) is 4. The third-order valence-electron chi connectivity index (χ3n) is 11.9. The number of methoxy groups -OCH3 is 3. The van der Waals surface area contributed by atoms with Gasteiger partial charge in [-0.3, -0.25) is 14.4 Å². The molecule has 4 aromatic rings. The lowest BCUT2D eigenvalue weighted by molar-refractivity contribution is 0.165. The molecule has 0 aliphatic carbocycles. The second-order valence-electron chi connectivity index (χ2n) is 15.4. The number of aromatic nitrogens is 3. The average molecular weight is 956 g/mol. The second-order valence-corrected chi connectivity index (χ2v) is 15.4. The van der Waals surface area contributed by atoms with Crippen molar-refractivity contribution < 1.29 is 69.1 Å². The molecule has 0 radical (unpaired) electrons. The Bertz CT molecular complexity index is 2700. The predicted molar refractivity (Wildman–Crippen MR) is 241 cm³/mol. The number of ether oxygens (including phenoxy) is 3. The molecule has 0 aliphatic rings. The van der Waals surface area contributed by atoms with E-state index in [1.165, 1.54) is 86.5 Å². The summed E-state index contributed by atoms with van der Waals surface area (Å²) in [6, 6.07) is 5.42. The Morgan fingerprint density at radius 1 is 0.515 bits per heavy atom. The van der Waals surface area contributed by atoms with Crippen LogP contribution in [0.3, 0.4) is 0 Å². The van der Waals surface area contributed by atoms with E-state index in [-0.39, 0.29) is 50.6 Å². The molecule has 3 unspecified atom stereocenters. The molecule has 0 spiro atoms. The normalized spacial score (nSPS) is 13.9. The maximum atomic E-state index is 13.8. The highest BCUT2D eigenvalue weighted by Gasteiger charge is 2.54. The van der Waals surface area contributed by atoms with Gasteiger partial charge in [-0.05, 0) is 41.5 Å². The lowest BCUT2D eigenvalue weighted by Crippen LogP contribution is -2.57. The molecule has 0 aliphatic heterocycles. The Morgan fingerprint density at radius 3 is 1.18 bits per heavy atom. The van der Waals surface area contributed by atoms with Crippen molar-refractivity contribution >= 4 is 24.4 Å². The van der Waals surface area contributed by atoms with E-state index >= 15 is 0 Å². The minimum absolute atomic E-state index is 0.0863. The quantitative estimate of drug-likeness (QED) is 0.0509. The number of pyridine rings is 3. The molecule has 0 bridgehead atoms. The van der Waals surface area contributed by atoms with Gasteiger partial charge in [0.15, 0.2) is 17.2 Å². The van der Waals surface area contributed by atoms with Crippen LogP contribution in [0.1, 0.15) is 79.4 Å². The number of rotatable bonds is 23. The summed E-state index contributed by atoms with van der Waals surface area (Å²) in [5.74, 6) is -3.11. The highest BCUT2D eigenvalue weighted by atomic mass is 16.5. The van der Waals surface area contributed by atoms with Gasteiger partial charge in [-0.2, -0.15) is 0 Å². The lowest BCUT2D eigenvalue weighted by atomic mass is 9.65. The van der Waals surface area contributed by atoms with Crippen molar-refractivity contribution in [2.24, 2.45) is 0 Å². The Kier molecular flexibility index (Phi) is 17.4. The first-order chi connectivity index (χ1) is 32.2. The summed E-state index contributed by atoms with van der Waals surface area (Å²) in [7, 11) is 4.03. The number of amides is 4. The van der Waals surface area contributed by atoms with Gasteiger partial charge in [0.05, 0.1) is 36.9 Å². The molecule has 4 rings (SSSR count). The Hall–Kier alpha value is -7.57. The summed E-state index contributed by atoms with van der Waals surface area (Å²) in [6.07, 6.45) is -4.93. The Labute approximate surface area is 388 Å². The van der Waals surface area contributed by atoms with Crippen LogP contribution in [-0.2, 0) is 57.0 Å². The maximum Gasteiger partial charge on any atom is 0.405 e. The van der Waals surface area contributed by atoms with Crippen LogP contribution in [0.2, 0.25) is 0 Å². The molecule has 24 nitrogen and oxygen atoms in total. The van der Waals surface area contributed by atoms with Gasteiger partial charge >= 0.3 is 24.4 Å². The highest BCUT2D eigenvalue weighted by Crippen LogP contribution is 2.52. The molecule has 3 atom stereocenters. The SMILES string of the molecule is CCC(NC(=O)O)(c1ccc(CNC(=O)O)c(C(CC)(NC(=O)O)c2c(O)c(=O)ccn2CCOC)c1C(CC)(NC(=O)O)c1c(O)c(=O)ccn1CCOC)c1c(O)c(=O)ccn1CCOC. The fourth-order valence-electron chi connectivity index (χ4n) is 9.01. The van der Waals surface area contributed by atoms with Crippen molar-refractivity contribution in [1.29, 1.82) is 0 Å². The molecule has 24 heteroatoms. The molecule has 3 aromatic heterocycles. The number of benzene rings is 1. The van der Waals surface area contributed by atoms with Crippen LogP contribution in [0, 0.1) is 0 Å². The minimum Gasteiger partial charge on any atom is -0.503 e. The largest absolute Gasteiger partial charge is 0.503 e. The van der Waals surface area contributed by atoms with Gasteiger partial charge in [-0.25, -0.2) is 19.2 Å². The van der Waals surface area contributed by atoms with E-state index in [0.29, 0.717) is 0 Å². The molecule has 4 amide bonds. The molecular weight excluding hydrogens is 899 g/mol. The van der Waals surface area contributed by atoms with E-state index in [1.807, 2.05) is 0 Å². The summed E-state index contributed by atoms with van der Waals surface area (Å²) >= 11 is 0. The number of hydrogen-bond donors (Lipinski definition) is 11. The first-order valence-corrected chi connectivity index (χ1v) is 21.1. The van der Waals surface area contributed by atoms with E-state index < -0.39 is 129 Å². The van der Waals surface area contributed by atoms with Crippen molar-refractivity contribution in [1.82, 2.24) is 35.0 Å². The van der Waals surface area contributed by atoms with E-state index in [4.69, 9.17) is 14.2 Å². The van der Waals surface area contributed by atoms with Gasteiger partial charge in [-0.1, -0.05) is 32.9 Å². The Morgan fingerprint density at radius 2 is 0.853 bits per heavy atom. The molecule has 3 heterocycles. The molecule has 1 aromatic carbocycles. The van der Waals surface area contributed by atoms with Gasteiger partial charge in [0, 0.05) is 84.3 Å². The highest BCUT2D eigenvalue weighted by molar-refractivity contribution is 5.75. The molecule has 370 valence electrons. The summed E-state index contributed by atoms with van der Waals surface area (Å²) in [4.78, 5) is 94.0. The molecule has 0 saturated carbocycles. The fourth-order valence-corrected chi connectivity index (χ4v) is 9.01. The van der Waals surface area contributed by atoms with Gasteiger partial charge in [0.1, 0.15) is 16.6 Å². The first kappa shape index (κ1) is 53.0. The lowest BCUT2D eigenvalue weighted by Gasteiger charge is -2.47. The van der Waals surface area contributed by atoms with Crippen molar-refractivity contribution in [3.63, 3.8) is 0 Å². The first-order valence-electron chi connectivity index (χ1n) is 21.1. The molecule has 11 N–H and O–H groups in total. The van der Waals surface area contributed by atoms with E-state index in [0.717, 1.165) is 18.2 Å². The standard InChI is InChI=1S/C44H57N7O17/c1-7-42(46-39(60)61,35-32(55)27(52)12-15-49(35)18-21-66-4)26-11-10-25(24-45-38(58)59)30(43(8-2,47-40(62)63)36-33(56)28(53)13-16-50(36)19-22-67-5)31(26)44(9-3,48-41(64)65)37-34(57)29(54)14-17-51(37)20-23-68-6/h10-17,45-48,55-57H,7-9,18-24H2,1-6H3,(H,58,59)(H,60,61)(H,62,63)(H,64,65). The van der Waals surface area contributed by atoms with Crippen LogP contribution in [0.15, 0.2) is 63.3 Å².